The van der Waals surface area contributed by atoms with Crippen LogP contribution < -0.4 is 5.73 Å². The minimum Gasteiger partial charge on any atom is -0.324 e. The lowest BCUT2D eigenvalue weighted by Crippen LogP contribution is -2.04. The van der Waals surface area contributed by atoms with Crippen molar-refractivity contribution in [1.82, 2.24) is 9.55 Å². The molecule has 0 amide bonds. The lowest BCUT2D eigenvalue weighted by Gasteiger charge is -2.16. The molecule has 3 rings (SSSR count). The third-order valence-electron chi connectivity index (χ3n) is 3.92. The molecule has 2 aromatic rings. The Morgan fingerprint density at radius 2 is 2.00 bits per heavy atom. The van der Waals surface area contributed by atoms with Crippen molar-refractivity contribution >= 4 is 15.9 Å². The van der Waals surface area contributed by atoms with E-state index in [1.807, 2.05) is 11.6 Å². The predicted octanol–water partition coefficient (Wildman–Crippen LogP) is 3.19. The van der Waals surface area contributed by atoms with Gasteiger partial charge in [-0.15, -0.1) is 0 Å². The molecule has 0 radical (unpaired) electrons. The van der Waals surface area contributed by atoms with Crippen molar-refractivity contribution in [3.8, 4) is 11.3 Å². The summed E-state index contributed by atoms with van der Waals surface area (Å²) >= 11 is 3.62. The van der Waals surface area contributed by atoms with E-state index in [0.717, 1.165) is 16.1 Å². The summed E-state index contributed by atoms with van der Waals surface area (Å²) in [6.07, 6.45) is 5.02. The molecule has 0 fully saturated rings. The molecule has 1 aliphatic carbocycles. The van der Waals surface area contributed by atoms with Gasteiger partial charge in [0.15, 0.2) is 0 Å². The van der Waals surface area contributed by atoms with E-state index in [1.165, 1.54) is 42.4 Å². The maximum atomic E-state index is 5.72. The summed E-state index contributed by atoms with van der Waals surface area (Å²) in [5.74, 6) is 0.902. The first-order valence-electron chi connectivity index (χ1n) is 6.74. The molecule has 0 bridgehead atoms. The lowest BCUT2D eigenvalue weighted by molar-refractivity contribution is 0.686. The third kappa shape index (κ3) is 2.23. The number of rotatable bonds is 2. The Kier molecular flexibility index (Phi) is 3.46. The smallest absolute Gasteiger partial charge is 0.123 e. The number of nitrogens with two attached hydrogens (primary N) is 1. The summed E-state index contributed by atoms with van der Waals surface area (Å²) in [6, 6.07) is 6.73. The maximum absolute atomic E-state index is 5.72. The van der Waals surface area contributed by atoms with E-state index < -0.39 is 0 Å². The van der Waals surface area contributed by atoms with Crippen molar-refractivity contribution in [1.29, 1.82) is 0 Å². The van der Waals surface area contributed by atoms with Crippen molar-refractivity contribution < 1.29 is 0 Å². The number of aryl methyl sites for hydroxylation is 2. The molecule has 0 unspecified atom stereocenters. The van der Waals surface area contributed by atoms with Gasteiger partial charge in [0, 0.05) is 12.6 Å². The van der Waals surface area contributed by atoms with Gasteiger partial charge in [-0.05, 0) is 58.8 Å². The maximum Gasteiger partial charge on any atom is 0.123 e. The van der Waals surface area contributed by atoms with Crippen LogP contribution in [0.4, 0.5) is 0 Å². The summed E-state index contributed by atoms with van der Waals surface area (Å²) in [7, 11) is 1.99. The van der Waals surface area contributed by atoms with Gasteiger partial charge in [-0.25, -0.2) is 4.98 Å². The van der Waals surface area contributed by atoms with Crippen LogP contribution in [0.15, 0.2) is 22.8 Å². The first-order chi connectivity index (χ1) is 9.20. The third-order valence-corrected chi connectivity index (χ3v) is 4.83. The van der Waals surface area contributed by atoms with Gasteiger partial charge in [0.25, 0.3) is 0 Å². The van der Waals surface area contributed by atoms with E-state index in [1.54, 1.807) is 0 Å². The van der Waals surface area contributed by atoms with Crippen LogP contribution in [-0.4, -0.2) is 9.55 Å². The molecule has 3 nitrogen and oxygen atoms in total. The van der Waals surface area contributed by atoms with Crippen molar-refractivity contribution in [2.75, 3.05) is 0 Å². The van der Waals surface area contributed by atoms with Gasteiger partial charge in [0.2, 0.25) is 0 Å². The molecule has 1 aromatic carbocycles. The monoisotopic (exact) mass is 319 g/mol. The molecule has 0 atom stereocenters. The SMILES string of the molecule is Cn1c(CN)nc(-c2ccc3c(c2)CCCC3)c1Br. The largest absolute Gasteiger partial charge is 0.324 e. The van der Waals surface area contributed by atoms with Crippen LogP contribution in [0.2, 0.25) is 0 Å². The first kappa shape index (κ1) is 12.9. The molecule has 0 saturated carbocycles. The van der Waals surface area contributed by atoms with Gasteiger partial charge < -0.3 is 10.3 Å². The average molecular weight is 320 g/mol. The zero-order chi connectivity index (χ0) is 13.4. The van der Waals surface area contributed by atoms with Crippen LogP contribution >= 0.6 is 15.9 Å². The fraction of sp³-hybridized carbons (Fsp3) is 0.400. The van der Waals surface area contributed by atoms with E-state index in [-0.39, 0.29) is 0 Å². The van der Waals surface area contributed by atoms with Gasteiger partial charge in [0.1, 0.15) is 16.1 Å². The molecular formula is C15H18BrN3. The summed E-state index contributed by atoms with van der Waals surface area (Å²) in [5, 5.41) is 0. The number of fused-ring (bicyclic) bond motifs is 1. The van der Waals surface area contributed by atoms with E-state index in [9.17, 15) is 0 Å². The minimum absolute atomic E-state index is 0.458. The Morgan fingerprint density at radius 3 is 2.68 bits per heavy atom. The molecular weight excluding hydrogens is 302 g/mol. The second-order valence-corrected chi connectivity index (χ2v) is 5.87. The van der Waals surface area contributed by atoms with E-state index in [0.29, 0.717) is 6.54 Å². The van der Waals surface area contributed by atoms with Crippen molar-refractivity contribution in [2.24, 2.45) is 12.8 Å². The molecule has 1 heterocycles. The van der Waals surface area contributed by atoms with Crippen LogP contribution in [-0.2, 0) is 26.4 Å². The van der Waals surface area contributed by atoms with Gasteiger partial charge in [-0.3, -0.25) is 0 Å². The van der Waals surface area contributed by atoms with Gasteiger partial charge in [-0.1, -0.05) is 12.1 Å². The van der Waals surface area contributed by atoms with Gasteiger partial charge in [0.05, 0.1) is 6.54 Å². The summed E-state index contributed by atoms with van der Waals surface area (Å²) in [5.41, 5.74) is 10.9. The Labute approximate surface area is 122 Å². The van der Waals surface area contributed by atoms with Crippen molar-refractivity contribution in [2.45, 2.75) is 32.2 Å². The number of halogens is 1. The highest BCUT2D eigenvalue weighted by Gasteiger charge is 2.16. The van der Waals surface area contributed by atoms with Crippen LogP contribution in [0.5, 0.6) is 0 Å². The quantitative estimate of drug-likeness (QED) is 0.923. The zero-order valence-corrected chi connectivity index (χ0v) is 12.7. The highest BCUT2D eigenvalue weighted by Crippen LogP contribution is 2.31. The Balaban J connectivity index is 2.07. The normalized spacial score (nSPS) is 14.5. The average Bonchev–Trinajstić information content (AvgIpc) is 2.74. The topological polar surface area (TPSA) is 43.8 Å². The van der Waals surface area contributed by atoms with E-state index in [4.69, 9.17) is 5.73 Å². The highest BCUT2D eigenvalue weighted by molar-refractivity contribution is 9.10. The van der Waals surface area contributed by atoms with Gasteiger partial charge in [-0.2, -0.15) is 0 Å². The molecule has 2 N–H and O–H groups in total. The first-order valence-corrected chi connectivity index (χ1v) is 7.53. The second-order valence-electron chi connectivity index (χ2n) is 5.12. The van der Waals surface area contributed by atoms with E-state index >= 15 is 0 Å². The zero-order valence-electron chi connectivity index (χ0n) is 11.1. The molecule has 1 aromatic heterocycles. The minimum atomic E-state index is 0.458. The molecule has 0 spiro atoms. The number of hydrogen-bond donors (Lipinski definition) is 1. The second kappa shape index (κ2) is 5.10. The van der Waals surface area contributed by atoms with Crippen molar-refractivity contribution in [3.63, 3.8) is 0 Å². The Hall–Kier alpha value is -1.13. The van der Waals surface area contributed by atoms with Crippen LogP contribution in [0.3, 0.4) is 0 Å². The molecule has 0 saturated heterocycles. The molecule has 100 valence electrons. The standard InChI is InChI=1S/C15H18BrN3/c1-19-13(9-17)18-14(15(19)16)12-7-6-10-4-2-3-5-11(10)8-12/h6-8H,2-5,9,17H2,1H3. The Morgan fingerprint density at radius 1 is 1.26 bits per heavy atom. The van der Waals surface area contributed by atoms with Crippen LogP contribution in [0.25, 0.3) is 11.3 Å². The Bertz CT molecular complexity index is 616. The molecule has 19 heavy (non-hydrogen) atoms. The number of benzene rings is 1. The van der Waals surface area contributed by atoms with Crippen LogP contribution in [0.1, 0.15) is 29.8 Å². The number of nitrogens with zero attached hydrogens (tertiary/aromatic N) is 2. The number of imidazole rings is 1. The fourth-order valence-corrected chi connectivity index (χ4v) is 3.29. The highest BCUT2D eigenvalue weighted by atomic mass is 79.9. The van der Waals surface area contributed by atoms with Crippen LogP contribution in [0, 0.1) is 0 Å². The van der Waals surface area contributed by atoms with Crippen molar-refractivity contribution in [3.05, 3.63) is 39.8 Å². The lowest BCUT2D eigenvalue weighted by atomic mass is 9.90. The number of hydrogen-bond acceptors (Lipinski definition) is 2. The summed E-state index contributed by atoms with van der Waals surface area (Å²) in [4.78, 5) is 4.64. The van der Waals surface area contributed by atoms with E-state index in [2.05, 4.69) is 39.1 Å². The molecule has 4 heteroatoms. The molecule has 0 aliphatic heterocycles. The predicted molar refractivity (Wildman–Crippen MR) is 80.9 cm³/mol. The summed E-state index contributed by atoms with van der Waals surface area (Å²) < 4.78 is 3.01. The summed E-state index contributed by atoms with van der Waals surface area (Å²) in [6.45, 7) is 0.458. The number of aromatic nitrogens is 2. The van der Waals surface area contributed by atoms with Gasteiger partial charge >= 0.3 is 0 Å². The molecule has 1 aliphatic rings. The fourth-order valence-electron chi connectivity index (χ4n) is 2.77.